The number of para-hydroxylation sites is 1. The van der Waals surface area contributed by atoms with Gasteiger partial charge in [0.2, 0.25) is 0 Å². The highest BCUT2D eigenvalue weighted by Crippen LogP contribution is 2.19. The molecular weight excluding hydrogens is 194 g/mol. The Bertz CT molecular complexity index is 448. The first-order valence-corrected chi connectivity index (χ1v) is 5.64. The predicted molar refractivity (Wildman–Crippen MR) is 69.7 cm³/mol. The van der Waals surface area contributed by atoms with E-state index >= 15 is 0 Å². The molecule has 0 bridgehead atoms. The zero-order valence-corrected chi connectivity index (χ0v) is 9.77. The molecule has 1 unspecified atom stereocenters. The second-order valence-electron chi connectivity index (χ2n) is 4.15. The maximum absolute atomic E-state index is 3.49. The first kappa shape index (κ1) is 10.7. The van der Waals surface area contributed by atoms with Gasteiger partial charge in [-0.25, -0.2) is 0 Å². The number of hydrogen-bond acceptors (Lipinski definition) is 1. The Morgan fingerprint density at radius 2 is 1.69 bits per heavy atom. The highest BCUT2D eigenvalue weighted by molar-refractivity contribution is 5.45. The summed E-state index contributed by atoms with van der Waals surface area (Å²) in [5.74, 6) is 0. The van der Waals surface area contributed by atoms with Crippen LogP contribution in [0.2, 0.25) is 0 Å². The van der Waals surface area contributed by atoms with Crippen LogP contribution in [0.3, 0.4) is 0 Å². The number of hydrogen-bond donors (Lipinski definition) is 1. The van der Waals surface area contributed by atoms with Crippen molar-refractivity contribution >= 4 is 5.69 Å². The van der Waals surface area contributed by atoms with E-state index in [0.29, 0.717) is 6.04 Å². The van der Waals surface area contributed by atoms with E-state index in [1.807, 2.05) is 18.2 Å². The summed E-state index contributed by atoms with van der Waals surface area (Å²) in [6.45, 7) is 4.31. The minimum Gasteiger partial charge on any atom is -0.379 e. The maximum atomic E-state index is 3.49. The van der Waals surface area contributed by atoms with E-state index in [2.05, 4.69) is 55.6 Å². The lowest BCUT2D eigenvalue weighted by Gasteiger charge is -2.16. The Hall–Kier alpha value is -1.76. The van der Waals surface area contributed by atoms with Crippen molar-refractivity contribution in [3.05, 3.63) is 65.7 Å². The van der Waals surface area contributed by atoms with Gasteiger partial charge in [0.1, 0.15) is 0 Å². The van der Waals surface area contributed by atoms with Crippen LogP contribution in [0.4, 0.5) is 5.69 Å². The average molecular weight is 211 g/mol. The normalized spacial score (nSPS) is 12.1. The average Bonchev–Trinajstić information content (AvgIpc) is 2.30. The second-order valence-corrected chi connectivity index (χ2v) is 4.15. The van der Waals surface area contributed by atoms with E-state index in [4.69, 9.17) is 0 Å². The Kier molecular flexibility index (Phi) is 3.25. The van der Waals surface area contributed by atoms with Crippen LogP contribution in [0.15, 0.2) is 54.6 Å². The number of rotatable bonds is 3. The molecule has 16 heavy (non-hydrogen) atoms. The molecule has 0 spiro atoms. The quantitative estimate of drug-likeness (QED) is 0.803. The van der Waals surface area contributed by atoms with Gasteiger partial charge in [0.25, 0.3) is 0 Å². The molecule has 2 aromatic rings. The molecule has 0 saturated carbocycles. The highest BCUT2D eigenvalue weighted by Gasteiger charge is 2.04. The molecule has 0 aliphatic heterocycles. The molecule has 2 aromatic carbocycles. The fraction of sp³-hybridized carbons (Fsp3) is 0.200. The molecule has 1 heteroatoms. The smallest absolute Gasteiger partial charge is 0.0485 e. The van der Waals surface area contributed by atoms with Gasteiger partial charge in [-0.15, -0.1) is 0 Å². The molecule has 0 fully saturated rings. The predicted octanol–water partition coefficient (Wildman–Crippen LogP) is 4.17. The third-order valence-corrected chi connectivity index (χ3v) is 2.70. The molecule has 2 rings (SSSR count). The van der Waals surface area contributed by atoms with Crippen molar-refractivity contribution in [3.8, 4) is 0 Å². The van der Waals surface area contributed by atoms with Crippen LogP contribution in [-0.4, -0.2) is 0 Å². The highest BCUT2D eigenvalue weighted by atomic mass is 14.9. The fourth-order valence-electron chi connectivity index (χ4n) is 1.81. The van der Waals surface area contributed by atoms with Crippen molar-refractivity contribution in [1.29, 1.82) is 0 Å². The zero-order valence-electron chi connectivity index (χ0n) is 9.77. The lowest BCUT2D eigenvalue weighted by atomic mass is 10.1. The van der Waals surface area contributed by atoms with E-state index in [1.165, 1.54) is 11.1 Å². The first-order valence-electron chi connectivity index (χ1n) is 5.64. The van der Waals surface area contributed by atoms with Crippen LogP contribution in [0.5, 0.6) is 0 Å². The largest absolute Gasteiger partial charge is 0.379 e. The molecule has 0 heterocycles. The van der Waals surface area contributed by atoms with Crippen molar-refractivity contribution in [2.45, 2.75) is 19.9 Å². The molecule has 1 atom stereocenters. The summed E-state index contributed by atoms with van der Waals surface area (Å²) in [7, 11) is 0. The van der Waals surface area contributed by atoms with Crippen LogP contribution in [0.25, 0.3) is 0 Å². The molecule has 82 valence electrons. The Morgan fingerprint density at radius 3 is 2.38 bits per heavy atom. The van der Waals surface area contributed by atoms with E-state index < -0.39 is 0 Å². The molecule has 1 nitrogen and oxygen atoms in total. The summed E-state index contributed by atoms with van der Waals surface area (Å²) in [5.41, 5.74) is 3.79. The molecule has 0 amide bonds. The Morgan fingerprint density at radius 1 is 0.938 bits per heavy atom. The van der Waals surface area contributed by atoms with Gasteiger partial charge in [0.05, 0.1) is 0 Å². The summed E-state index contributed by atoms with van der Waals surface area (Å²) in [6.07, 6.45) is 0. The van der Waals surface area contributed by atoms with E-state index in [1.54, 1.807) is 0 Å². The summed E-state index contributed by atoms with van der Waals surface area (Å²) in [5, 5.41) is 3.49. The maximum Gasteiger partial charge on any atom is 0.0485 e. The van der Waals surface area contributed by atoms with E-state index in [9.17, 15) is 0 Å². The van der Waals surface area contributed by atoms with Crippen molar-refractivity contribution in [2.24, 2.45) is 0 Å². The standard InChI is InChI=1S/C15H17N/c1-12-7-6-8-14(11-12)13(2)16-15-9-4-3-5-10-15/h3-11,13,16H,1-2H3. The van der Waals surface area contributed by atoms with Gasteiger partial charge in [-0.2, -0.15) is 0 Å². The zero-order chi connectivity index (χ0) is 11.4. The minimum atomic E-state index is 0.335. The SMILES string of the molecule is Cc1cccc(C(C)Nc2ccccc2)c1. The number of nitrogens with one attached hydrogen (secondary N) is 1. The van der Waals surface area contributed by atoms with Crippen LogP contribution in [0, 0.1) is 6.92 Å². The summed E-state index contributed by atoms with van der Waals surface area (Å²) in [6, 6.07) is 19.3. The number of anilines is 1. The van der Waals surface area contributed by atoms with Gasteiger partial charge in [0.15, 0.2) is 0 Å². The summed E-state index contributed by atoms with van der Waals surface area (Å²) < 4.78 is 0. The lowest BCUT2D eigenvalue weighted by Crippen LogP contribution is -2.06. The first-order chi connectivity index (χ1) is 7.75. The third kappa shape index (κ3) is 2.63. The summed E-state index contributed by atoms with van der Waals surface area (Å²) >= 11 is 0. The van der Waals surface area contributed by atoms with Crippen molar-refractivity contribution < 1.29 is 0 Å². The van der Waals surface area contributed by atoms with Crippen LogP contribution in [0.1, 0.15) is 24.1 Å². The molecule has 0 aliphatic carbocycles. The minimum absolute atomic E-state index is 0.335. The Balaban J connectivity index is 2.12. The Labute approximate surface area is 97.1 Å². The van der Waals surface area contributed by atoms with Gasteiger partial charge < -0.3 is 5.32 Å². The molecule has 0 saturated heterocycles. The topological polar surface area (TPSA) is 12.0 Å². The monoisotopic (exact) mass is 211 g/mol. The van der Waals surface area contributed by atoms with Crippen molar-refractivity contribution in [3.63, 3.8) is 0 Å². The van der Waals surface area contributed by atoms with Crippen LogP contribution < -0.4 is 5.32 Å². The van der Waals surface area contributed by atoms with Gasteiger partial charge in [-0.1, -0.05) is 48.0 Å². The summed E-state index contributed by atoms with van der Waals surface area (Å²) in [4.78, 5) is 0. The van der Waals surface area contributed by atoms with Gasteiger partial charge in [-0.05, 0) is 31.5 Å². The van der Waals surface area contributed by atoms with Gasteiger partial charge in [-0.3, -0.25) is 0 Å². The fourth-order valence-corrected chi connectivity index (χ4v) is 1.81. The molecule has 1 N–H and O–H groups in total. The number of benzene rings is 2. The van der Waals surface area contributed by atoms with E-state index in [-0.39, 0.29) is 0 Å². The van der Waals surface area contributed by atoms with Crippen molar-refractivity contribution in [2.75, 3.05) is 5.32 Å². The molecule has 0 aliphatic rings. The third-order valence-electron chi connectivity index (χ3n) is 2.70. The molecule has 0 radical (unpaired) electrons. The second kappa shape index (κ2) is 4.84. The molecule has 0 aromatic heterocycles. The van der Waals surface area contributed by atoms with E-state index in [0.717, 1.165) is 5.69 Å². The van der Waals surface area contributed by atoms with Crippen LogP contribution >= 0.6 is 0 Å². The van der Waals surface area contributed by atoms with Gasteiger partial charge in [0, 0.05) is 11.7 Å². The van der Waals surface area contributed by atoms with Gasteiger partial charge >= 0.3 is 0 Å². The molecular formula is C15H17N. The van der Waals surface area contributed by atoms with Crippen LogP contribution in [-0.2, 0) is 0 Å². The lowest BCUT2D eigenvalue weighted by molar-refractivity contribution is 0.883. The number of aryl methyl sites for hydroxylation is 1. The van der Waals surface area contributed by atoms with Crippen molar-refractivity contribution in [1.82, 2.24) is 0 Å².